The van der Waals surface area contributed by atoms with E-state index in [4.69, 9.17) is 52.7 Å². The van der Waals surface area contributed by atoms with Gasteiger partial charge in [0.2, 0.25) is 0 Å². The van der Waals surface area contributed by atoms with Crippen molar-refractivity contribution in [1.29, 1.82) is 21.0 Å². The van der Waals surface area contributed by atoms with Gasteiger partial charge in [0.1, 0.15) is 0 Å². The Kier molecular flexibility index (Phi) is 29.0. The second-order valence-corrected chi connectivity index (χ2v) is 13.5. The van der Waals surface area contributed by atoms with E-state index in [1.807, 2.05) is 73.7 Å². The number of aliphatic hydroxyl groups excluding tert-OH is 1. The van der Waals surface area contributed by atoms with E-state index in [-0.39, 0.29) is 49.1 Å². The number of nitrogens with zero attached hydrogens (tertiary/aromatic N) is 10. The summed E-state index contributed by atoms with van der Waals surface area (Å²) in [6.45, 7) is 3.24. The monoisotopic (exact) mass is 833 g/mol. The van der Waals surface area contributed by atoms with Crippen LogP contribution in [-0.2, 0) is 40.0 Å². The van der Waals surface area contributed by atoms with Gasteiger partial charge in [-0.15, -0.1) is 0 Å². The molecule has 0 saturated carbocycles. The molecule has 302 valence electrons. The Morgan fingerprint density at radius 3 is 1.32 bits per heavy atom. The van der Waals surface area contributed by atoms with Crippen LogP contribution in [0.2, 0.25) is 0 Å². The maximum Gasteiger partial charge on any atom is 1.00 e. The van der Waals surface area contributed by atoms with Gasteiger partial charge < -0.3 is 21.9 Å². The smallest absolute Gasteiger partial charge is 0.396 e. The zero-order valence-electron chi connectivity index (χ0n) is 33.3. The van der Waals surface area contributed by atoms with Crippen molar-refractivity contribution in [3.63, 3.8) is 0 Å². The number of benzene rings is 5. The summed E-state index contributed by atoms with van der Waals surface area (Å²) in [6, 6.07) is 43.6. The predicted octanol–water partition coefficient (Wildman–Crippen LogP) is 5.49. The van der Waals surface area contributed by atoms with Gasteiger partial charge in [0.05, 0.1) is 58.0 Å². The second kappa shape index (κ2) is 32.5. The standard InChI is InChI=1S/C16H15NO3S.C9H8N4.C9H10N2.C9H9NO.N3.Na.H2/c1-13-2-8-16(9-3-13)21(18,19)20-11-10-14-4-6-15(12-17)7-5-14;10-7-9-3-1-8(2-4-9)5-6-12-13-11;10-6-5-8-1-3-9(7-11)4-2-8;10-7-9-3-1-8(2-4-9)5-6-11;1-3-2;;/h2-9H,10-11H2,1H3;1-4H,5-6H2;1-4H,5-6,10H2;1-4,11H,5-6H2;;;1H/q;;;;-1;+1;. The number of rotatable bonds is 12. The summed E-state index contributed by atoms with van der Waals surface area (Å²) >= 11 is 0. The summed E-state index contributed by atoms with van der Waals surface area (Å²) in [7, 11) is -3.71. The Morgan fingerprint density at radius 2 is 0.983 bits per heavy atom. The van der Waals surface area contributed by atoms with E-state index in [9.17, 15) is 8.42 Å². The van der Waals surface area contributed by atoms with Crippen molar-refractivity contribution in [1.82, 2.24) is 0 Å². The third kappa shape index (κ3) is 23.0. The van der Waals surface area contributed by atoms with Gasteiger partial charge in [-0.2, -0.15) is 29.5 Å². The molecule has 0 aliphatic carbocycles. The third-order valence-corrected chi connectivity index (χ3v) is 8.99. The van der Waals surface area contributed by atoms with Gasteiger partial charge >= 0.3 is 29.6 Å². The summed E-state index contributed by atoms with van der Waals surface area (Å²) in [5.41, 5.74) is 34.7. The molecule has 0 unspecified atom stereocenters. The fraction of sp³-hybridized carbons (Fsp3) is 0.209. The zero-order chi connectivity index (χ0) is 43.7. The normalized spacial score (nSPS) is 9.18. The fourth-order valence-corrected chi connectivity index (χ4v) is 5.45. The minimum Gasteiger partial charge on any atom is -0.396 e. The summed E-state index contributed by atoms with van der Waals surface area (Å²) in [5, 5.41) is 46.2. The Balaban J connectivity index is 0. The number of hydrogen-bond acceptors (Lipinski definition) is 10. The van der Waals surface area contributed by atoms with Crippen molar-refractivity contribution in [3.05, 3.63) is 198 Å². The van der Waals surface area contributed by atoms with E-state index >= 15 is 0 Å². The molecule has 0 fully saturated rings. The predicted molar refractivity (Wildman–Crippen MR) is 226 cm³/mol. The summed E-state index contributed by atoms with van der Waals surface area (Å²) in [6.07, 6.45) is 2.73. The van der Waals surface area contributed by atoms with Gasteiger partial charge in [-0.1, -0.05) is 71.3 Å². The molecule has 3 N–H and O–H groups in total. The molecule has 0 heterocycles. The summed E-state index contributed by atoms with van der Waals surface area (Å²) in [5.74, 6) is 0. The average Bonchev–Trinajstić information content (AvgIpc) is 3.26. The minimum absolute atomic E-state index is 0. The van der Waals surface area contributed by atoms with E-state index in [0.29, 0.717) is 48.2 Å². The molecule has 0 bridgehead atoms. The number of aliphatic hydroxyl groups is 1. The van der Waals surface area contributed by atoms with E-state index < -0.39 is 10.1 Å². The molecule has 0 aliphatic rings. The van der Waals surface area contributed by atoms with Crippen LogP contribution in [0.15, 0.2) is 131 Å². The molecule has 17 heteroatoms. The van der Waals surface area contributed by atoms with E-state index in [1.165, 1.54) is 22.6 Å². The number of aryl methyl sites for hydroxylation is 1. The SMILES string of the molecule is Cc1ccc(S(=O)(=O)OCCc2ccc(C#N)cc2)cc1.N#Cc1ccc(CCN)cc1.N#Cc1ccc(CCN=[N+]=[N-])cc1.N#Cc1ccc(CCO)cc1.[HH].[N-]=[N+]=[N-].[Na+]. The number of azide groups is 1. The van der Waals surface area contributed by atoms with Gasteiger partial charge in [0.25, 0.3) is 10.1 Å². The molecule has 0 aromatic heterocycles. The van der Waals surface area contributed by atoms with Crippen molar-refractivity contribution in [3.8, 4) is 24.3 Å². The van der Waals surface area contributed by atoms with Crippen LogP contribution in [0.3, 0.4) is 0 Å². The van der Waals surface area contributed by atoms with Crippen molar-refractivity contribution >= 4 is 10.1 Å². The third-order valence-electron chi connectivity index (χ3n) is 7.67. The van der Waals surface area contributed by atoms with Crippen molar-refractivity contribution in [2.45, 2.75) is 37.5 Å². The molecule has 0 aliphatic heterocycles. The largest absolute Gasteiger partial charge is 1.00 e. The first-order valence-electron chi connectivity index (χ1n) is 17.7. The van der Waals surface area contributed by atoms with E-state index in [0.717, 1.165) is 35.1 Å². The van der Waals surface area contributed by atoms with Crippen LogP contribution >= 0.6 is 0 Å². The molecule has 5 aromatic rings. The second-order valence-electron chi connectivity index (χ2n) is 11.9. The minimum atomic E-state index is -3.71. The quantitative estimate of drug-likeness (QED) is 0.0527. The van der Waals surface area contributed by atoms with Crippen LogP contribution in [-0.4, -0.2) is 39.8 Å². The Morgan fingerprint density at radius 1 is 0.633 bits per heavy atom. The summed E-state index contributed by atoms with van der Waals surface area (Å²) in [4.78, 5) is 4.32. The molecule has 15 nitrogen and oxygen atoms in total. The van der Waals surface area contributed by atoms with Crippen LogP contribution in [0.5, 0.6) is 0 Å². The first-order chi connectivity index (χ1) is 28.5. The van der Waals surface area contributed by atoms with Crippen molar-refractivity contribution < 1.29 is 48.7 Å². The van der Waals surface area contributed by atoms with Gasteiger partial charge in [-0.05, 0) is 128 Å². The summed E-state index contributed by atoms with van der Waals surface area (Å²) < 4.78 is 29.0. The number of nitrogens with two attached hydrogens (primary N) is 1. The van der Waals surface area contributed by atoms with Crippen LogP contribution in [0.1, 0.15) is 51.5 Å². The molecule has 5 rings (SSSR count). The van der Waals surface area contributed by atoms with Gasteiger partial charge in [0, 0.05) is 19.5 Å². The van der Waals surface area contributed by atoms with Gasteiger partial charge in [-0.3, -0.25) is 9.09 Å². The molecule has 0 radical (unpaired) electrons. The average molecular weight is 834 g/mol. The molecular weight excluding hydrogens is 790 g/mol. The van der Waals surface area contributed by atoms with Crippen molar-refractivity contribution in [2.75, 3.05) is 26.3 Å². The maximum atomic E-state index is 12.0. The van der Waals surface area contributed by atoms with E-state index in [1.54, 1.807) is 60.7 Å². The van der Waals surface area contributed by atoms with E-state index in [2.05, 4.69) is 16.1 Å². The van der Waals surface area contributed by atoms with Crippen LogP contribution in [0.4, 0.5) is 0 Å². The Bertz CT molecular complexity index is 2300. The fourth-order valence-electron chi connectivity index (χ4n) is 4.55. The zero-order valence-corrected chi connectivity index (χ0v) is 36.2. The topological polar surface area (TPSA) is 292 Å². The number of nitriles is 4. The Hall–Kier alpha value is -6.49. The molecular formula is C43H44N11NaO4S. The first kappa shape index (κ1) is 53.5. The Labute approximate surface area is 374 Å². The molecule has 0 spiro atoms. The van der Waals surface area contributed by atoms with Gasteiger partial charge in [0.15, 0.2) is 0 Å². The molecule has 60 heavy (non-hydrogen) atoms. The molecule has 5 aromatic carbocycles. The molecule has 0 saturated heterocycles. The molecule has 0 amide bonds. The van der Waals surface area contributed by atoms with Crippen LogP contribution in [0.25, 0.3) is 26.4 Å². The first-order valence-corrected chi connectivity index (χ1v) is 19.2. The number of hydrogen-bond donors (Lipinski definition) is 2. The van der Waals surface area contributed by atoms with Crippen molar-refractivity contribution in [2.24, 2.45) is 10.8 Å². The molecule has 0 atom stereocenters. The maximum absolute atomic E-state index is 12.0. The van der Waals surface area contributed by atoms with Crippen LogP contribution in [0, 0.1) is 52.2 Å². The van der Waals surface area contributed by atoms with Gasteiger partial charge in [-0.25, -0.2) is 0 Å². The van der Waals surface area contributed by atoms with Crippen LogP contribution < -0.4 is 35.3 Å².